The van der Waals surface area contributed by atoms with Crippen LogP contribution in [0.15, 0.2) is 12.2 Å². The van der Waals surface area contributed by atoms with E-state index in [-0.39, 0.29) is 12.3 Å². The molecular weight excluding hydrogens is 1470 g/mol. The Balaban J connectivity index is 1.19. The predicted octanol–water partition coefficient (Wildman–Crippen LogP) is 1.93. The lowest BCUT2D eigenvalue weighted by molar-refractivity contribution is -0.382. The van der Waals surface area contributed by atoms with E-state index in [0.29, 0.717) is 12.8 Å². The first kappa shape index (κ1) is 99.6. The van der Waals surface area contributed by atoms with Gasteiger partial charge in [0, 0.05) is 19.8 Å². The van der Waals surface area contributed by atoms with Crippen LogP contribution in [0.25, 0.3) is 0 Å². The van der Waals surface area contributed by atoms with Crippen LogP contribution in [0.5, 0.6) is 0 Å². The lowest BCUT2D eigenvalue weighted by atomic mass is 9.90. The molecule has 5 heterocycles. The molecule has 28 atom stereocenters. The summed E-state index contributed by atoms with van der Waals surface area (Å²) in [6.07, 6.45) is -5.01. The summed E-state index contributed by atoms with van der Waals surface area (Å²) < 4.78 is 58.4. The number of aliphatic hydroxyl groups excluding tert-OH is 17. The van der Waals surface area contributed by atoms with Gasteiger partial charge in [-0.25, -0.2) is 4.79 Å². The van der Waals surface area contributed by atoms with Gasteiger partial charge in [-0.3, -0.25) is 9.59 Å². The van der Waals surface area contributed by atoms with Gasteiger partial charge in [-0.2, -0.15) is 0 Å². The van der Waals surface area contributed by atoms with Crippen molar-refractivity contribution in [2.75, 3.05) is 39.6 Å². The number of carboxylic acid groups (broad SMARTS) is 1. The van der Waals surface area contributed by atoms with Crippen molar-refractivity contribution in [1.29, 1.82) is 0 Å². The lowest BCUT2D eigenvalue weighted by Gasteiger charge is -2.50. The number of amides is 2. The normalized spacial score (nSPS) is 33.7. The molecule has 5 rings (SSSR count). The number of rotatable bonds is 59. The maximum absolute atomic E-state index is 13.6. The zero-order valence-electron chi connectivity index (χ0n) is 66.5. The number of unbranched alkanes of at least 4 members (excludes halogenated alkanes) is 33. The molecule has 0 aromatic carbocycles. The topological polar surface area (TPSA) is 532 Å². The second-order valence-electron chi connectivity index (χ2n) is 31.4. The van der Waals surface area contributed by atoms with Gasteiger partial charge in [0.25, 0.3) is 5.79 Å². The fourth-order valence-electron chi connectivity index (χ4n) is 15.2. The van der Waals surface area contributed by atoms with Gasteiger partial charge in [0.1, 0.15) is 122 Å². The molecule has 0 aromatic heterocycles. The van der Waals surface area contributed by atoms with Crippen LogP contribution >= 0.6 is 0 Å². The quantitative estimate of drug-likeness (QED) is 0.0305. The van der Waals surface area contributed by atoms with Gasteiger partial charge in [0.15, 0.2) is 25.2 Å². The largest absolute Gasteiger partial charge is 0.477 e. The monoisotopic (exact) mass is 1620 g/mol. The van der Waals surface area contributed by atoms with E-state index in [1.807, 2.05) is 6.08 Å². The molecule has 0 aliphatic carbocycles. The van der Waals surface area contributed by atoms with E-state index < -0.39 is 229 Å². The molecular formula is C79H144N2O31. The van der Waals surface area contributed by atoms with E-state index in [4.69, 9.17) is 47.4 Å². The second-order valence-corrected chi connectivity index (χ2v) is 31.4. The summed E-state index contributed by atoms with van der Waals surface area (Å²) in [5.41, 5.74) is 0. The fourth-order valence-corrected chi connectivity index (χ4v) is 15.2. The molecule has 10 unspecified atom stereocenters. The van der Waals surface area contributed by atoms with E-state index in [1.165, 1.54) is 161 Å². The zero-order valence-corrected chi connectivity index (χ0v) is 66.5. The number of aliphatic hydroxyl groups is 17. The van der Waals surface area contributed by atoms with Crippen LogP contribution in [0.2, 0.25) is 0 Å². The van der Waals surface area contributed by atoms with Crippen molar-refractivity contribution >= 4 is 17.8 Å². The highest BCUT2D eigenvalue weighted by atomic mass is 16.8. The Bertz CT molecular complexity index is 2520. The number of allylic oxidation sites excluding steroid dienone is 1. The summed E-state index contributed by atoms with van der Waals surface area (Å²) in [7, 11) is 0. The van der Waals surface area contributed by atoms with Crippen molar-refractivity contribution in [1.82, 2.24) is 10.6 Å². The van der Waals surface area contributed by atoms with E-state index >= 15 is 0 Å². The molecule has 656 valence electrons. The number of ether oxygens (including phenoxy) is 10. The minimum absolute atomic E-state index is 0.174. The van der Waals surface area contributed by atoms with Crippen molar-refractivity contribution in [2.24, 2.45) is 0 Å². The molecule has 33 nitrogen and oxygen atoms in total. The Hall–Kier alpha value is -2.93. The molecule has 5 aliphatic rings. The molecule has 2 amide bonds. The van der Waals surface area contributed by atoms with E-state index in [9.17, 15) is 106 Å². The lowest BCUT2D eigenvalue weighted by Crippen LogP contribution is -2.70. The van der Waals surface area contributed by atoms with Gasteiger partial charge in [0.2, 0.25) is 11.8 Å². The third-order valence-corrected chi connectivity index (χ3v) is 22.2. The first-order valence-corrected chi connectivity index (χ1v) is 42.1. The summed E-state index contributed by atoms with van der Waals surface area (Å²) in [6.45, 7) is -0.244. The average Bonchev–Trinajstić information content (AvgIpc) is 0.777. The Morgan fingerprint density at radius 2 is 0.902 bits per heavy atom. The van der Waals surface area contributed by atoms with Crippen molar-refractivity contribution < 1.29 is 154 Å². The molecule has 0 bridgehead atoms. The highest BCUT2D eigenvalue weighted by Gasteiger charge is 2.59. The molecule has 0 aromatic rings. The number of carbonyl (C=O) groups excluding carboxylic acids is 2. The standard InChI is InChI=1S/C79H144N2O31/c1-4-6-8-10-12-14-16-18-19-20-21-22-23-24-25-26-27-29-31-33-35-37-39-41-58(90)81-50(51(87)40-38-36-34-32-30-28-17-15-13-11-9-7-5-2)47-103-75-68(99)66(97)70(56(46-85)107-75)109-77-69(100)72(64(95)55(45-84)106-77)111-74-59(80-49(3)86)71(63(94)54(44-83)105-74)110-76-67(98)65(96)62(93)57(108-76)48-104-79(78(101)102)42-52(88)60(91)73(112-79)61(92)53(89)43-82/h38,40,50-57,59-77,82-85,87-89,91-100H,4-37,39,41-48H2,1-3H3,(H,80,86)(H,81,90)(H,101,102)/b40-38+/t50-,51+,52?,53+,54?,55?,56?,57?,59?,60+,61+,62-,63+,64-,65-,66+,67?,68?,69?,70+,71+,72-,73?,74-,75+,76-,77-,79+/m0/s1. The minimum Gasteiger partial charge on any atom is -0.477 e. The van der Waals surface area contributed by atoms with Crippen LogP contribution in [-0.4, -0.2) is 321 Å². The molecule has 0 spiro atoms. The van der Waals surface area contributed by atoms with Gasteiger partial charge in [0.05, 0.1) is 57.9 Å². The molecule has 5 aliphatic heterocycles. The van der Waals surface area contributed by atoms with Crippen LogP contribution in [-0.2, 0) is 61.8 Å². The van der Waals surface area contributed by atoms with Crippen LogP contribution in [0.3, 0.4) is 0 Å². The first-order valence-electron chi connectivity index (χ1n) is 42.1. The van der Waals surface area contributed by atoms with Gasteiger partial charge < -0.3 is 150 Å². The highest BCUT2D eigenvalue weighted by Crippen LogP contribution is 2.38. The summed E-state index contributed by atoms with van der Waals surface area (Å²) in [4.78, 5) is 39.3. The maximum atomic E-state index is 13.6. The Morgan fingerprint density at radius 1 is 0.473 bits per heavy atom. The Kier molecular flexibility index (Phi) is 48.9. The molecule has 0 radical (unpaired) electrons. The van der Waals surface area contributed by atoms with E-state index in [1.54, 1.807) is 6.08 Å². The molecule has 112 heavy (non-hydrogen) atoms. The summed E-state index contributed by atoms with van der Waals surface area (Å²) in [6, 6.07) is -2.93. The number of carboxylic acids is 1. The van der Waals surface area contributed by atoms with E-state index in [2.05, 4.69) is 24.5 Å². The van der Waals surface area contributed by atoms with Gasteiger partial charge in [-0.1, -0.05) is 231 Å². The molecule has 20 N–H and O–H groups in total. The summed E-state index contributed by atoms with van der Waals surface area (Å²) in [5, 5.41) is 202. The summed E-state index contributed by atoms with van der Waals surface area (Å²) in [5.74, 6) is -6.22. The van der Waals surface area contributed by atoms with Gasteiger partial charge >= 0.3 is 5.97 Å². The van der Waals surface area contributed by atoms with Gasteiger partial charge in [-0.05, 0) is 19.3 Å². The highest BCUT2D eigenvalue weighted by molar-refractivity contribution is 5.76. The fraction of sp³-hybridized carbons (Fsp3) is 0.937. The maximum Gasteiger partial charge on any atom is 0.364 e. The molecule has 33 heteroatoms. The number of carbonyl (C=O) groups is 3. The molecule has 0 saturated carbocycles. The SMILES string of the molecule is CCCCCCCCCCCCC/C=C/[C@@H](O)[C@H](CO[C@@H]1OC(CO)[C@@H](O[C@@H]2OC(CO)[C@H](O)[C@H](O[C@@H]3OC(CO)[C@@H](O)[C@H](O[C@@H]4OC(CO[C@]5(C(=O)O)CC(O)[C@@H](O)C([C@H](O)[C@H](O)CO)O5)[C@H](O)[C@H](O)C4O)C3NC(C)=O)C2O)[C@H](O)C1O)NC(=O)CCCCCCCCCCCCCCCCCCCCCCCCC. The number of hydrogen-bond donors (Lipinski definition) is 20. The number of nitrogens with one attached hydrogen (secondary N) is 2. The van der Waals surface area contributed by atoms with Gasteiger partial charge in [-0.15, -0.1) is 0 Å². The number of hydrogen-bond acceptors (Lipinski definition) is 30. The van der Waals surface area contributed by atoms with Crippen LogP contribution in [0.1, 0.15) is 258 Å². The Morgan fingerprint density at radius 3 is 1.38 bits per heavy atom. The smallest absolute Gasteiger partial charge is 0.364 e. The zero-order chi connectivity index (χ0) is 82.1. The third kappa shape index (κ3) is 32.7. The molecule has 5 saturated heterocycles. The van der Waals surface area contributed by atoms with Crippen molar-refractivity contribution in [3.8, 4) is 0 Å². The summed E-state index contributed by atoms with van der Waals surface area (Å²) >= 11 is 0. The molecule has 5 fully saturated rings. The predicted molar refractivity (Wildman–Crippen MR) is 404 cm³/mol. The second kappa shape index (κ2) is 55.0. The van der Waals surface area contributed by atoms with Crippen LogP contribution in [0, 0.1) is 0 Å². The van der Waals surface area contributed by atoms with Crippen LogP contribution < -0.4 is 10.6 Å². The minimum atomic E-state index is -3.00. The van der Waals surface area contributed by atoms with Crippen molar-refractivity contribution in [3.63, 3.8) is 0 Å². The number of aliphatic carboxylic acids is 1. The van der Waals surface area contributed by atoms with Crippen molar-refractivity contribution in [3.05, 3.63) is 12.2 Å². The third-order valence-electron chi connectivity index (χ3n) is 22.2. The first-order chi connectivity index (χ1) is 53.8. The van der Waals surface area contributed by atoms with Crippen LogP contribution in [0.4, 0.5) is 0 Å². The average molecular weight is 1620 g/mol. The van der Waals surface area contributed by atoms with E-state index in [0.717, 1.165) is 58.3 Å². The Labute approximate surface area is 661 Å². The van der Waals surface area contributed by atoms with Crippen molar-refractivity contribution in [2.45, 2.75) is 430 Å².